The summed E-state index contributed by atoms with van der Waals surface area (Å²) >= 11 is 3.20. The molecule has 0 radical (unpaired) electrons. The molecule has 0 bridgehead atoms. The molecule has 0 fully saturated rings. The Labute approximate surface area is 113 Å². The fourth-order valence-electron chi connectivity index (χ4n) is 1.60. The molecule has 0 amide bonds. The zero-order valence-corrected chi connectivity index (χ0v) is 11.4. The van der Waals surface area contributed by atoms with Crippen LogP contribution in [0, 0.1) is 5.82 Å². The first-order chi connectivity index (χ1) is 8.61. The Morgan fingerprint density at radius 3 is 3.00 bits per heavy atom. The predicted octanol–water partition coefficient (Wildman–Crippen LogP) is 2.67. The molecule has 2 rings (SSSR count). The van der Waals surface area contributed by atoms with Crippen LogP contribution in [0.4, 0.5) is 4.39 Å². The van der Waals surface area contributed by atoms with Crippen LogP contribution in [0.15, 0.2) is 28.9 Å². The minimum atomic E-state index is -0.602. The van der Waals surface area contributed by atoms with E-state index in [2.05, 4.69) is 26.2 Å². The number of aliphatic hydroxyl groups excluding tert-OH is 1. The molecule has 6 heteroatoms. The van der Waals surface area contributed by atoms with Gasteiger partial charge in [0.15, 0.2) is 0 Å². The molecule has 0 spiro atoms. The smallest absolute Gasteiger partial charge is 0.137 e. The third kappa shape index (κ3) is 2.76. The zero-order valence-electron chi connectivity index (χ0n) is 9.85. The summed E-state index contributed by atoms with van der Waals surface area (Å²) in [5.74, 6) is -0.304. The van der Waals surface area contributed by atoms with Crippen LogP contribution in [-0.2, 0) is 6.54 Å². The Hall–Kier alpha value is -1.27. The van der Waals surface area contributed by atoms with Gasteiger partial charge in [-0.3, -0.25) is 0 Å². The standard InChI is InChI=1S/C12H13BrFN3O/c1-2-11(18)10-7-17(16-15-10)6-8-4-3-5-9(14)12(8)13/h3-5,7,11,18H,2,6H2,1H3. The number of nitrogens with zero attached hydrogens (tertiary/aromatic N) is 3. The van der Waals surface area contributed by atoms with Crippen LogP contribution in [0.2, 0.25) is 0 Å². The van der Waals surface area contributed by atoms with Crippen molar-refractivity contribution in [1.82, 2.24) is 15.0 Å². The molecule has 4 nitrogen and oxygen atoms in total. The molecule has 0 saturated heterocycles. The van der Waals surface area contributed by atoms with Gasteiger partial charge in [0.25, 0.3) is 0 Å². The van der Waals surface area contributed by atoms with Crippen LogP contribution >= 0.6 is 15.9 Å². The van der Waals surface area contributed by atoms with Crippen LogP contribution in [0.1, 0.15) is 30.7 Å². The first kappa shape index (κ1) is 13.2. The second-order valence-electron chi connectivity index (χ2n) is 3.98. The highest BCUT2D eigenvalue weighted by molar-refractivity contribution is 9.10. The van der Waals surface area contributed by atoms with E-state index in [0.29, 0.717) is 23.1 Å². The third-order valence-electron chi connectivity index (χ3n) is 2.65. The van der Waals surface area contributed by atoms with Gasteiger partial charge >= 0.3 is 0 Å². The summed E-state index contributed by atoms with van der Waals surface area (Å²) in [5.41, 5.74) is 1.31. The van der Waals surface area contributed by atoms with Gasteiger partial charge in [-0.2, -0.15) is 0 Å². The van der Waals surface area contributed by atoms with E-state index >= 15 is 0 Å². The lowest BCUT2D eigenvalue weighted by atomic mass is 10.2. The first-order valence-corrected chi connectivity index (χ1v) is 6.42. The summed E-state index contributed by atoms with van der Waals surface area (Å²) in [5, 5.41) is 17.4. The minimum Gasteiger partial charge on any atom is -0.387 e. The maximum atomic E-state index is 13.3. The summed E-state index contributed by atoms with van der Waals surface area (Å²) in [6.45, 7) is 2.27. The lowest BCUT2D eigenvalue weighted by Gasteiger charge is -2.05. The topological polar surface area (TPSA) is 50.9 Å². The van der Waals surface area contributed by atoms with Gasteiger partial charge in [-0.25, -0.2) is 9.07 Å². The zero-order chi connectivity index (χ0) is 13.1. The molecule has 0 aliphatic heterocycles. The summed E-state index contributed by atoms with van der Waals surface area (Å²) in [6, 6.07) is 4.85. The van der Waals surface area contributed by atoms with Gasteiger partial charge in [0.05, 0.1) is 23.3 Å². The van der Waals surface area contributed by atoms with E-state index in [9.17, 15) is 9.50 Å². The number of benzene rings is 1. The third-order valence-corrected chi connectivity index (χ3v) is 3.54. The molecular weight excluding hydrogens is 301 g/mol. The van der Waals surface area contributed by atoms with Gasteiger partial charge in [-0.05, 0) is 34.0 Å². The molecule has 1 heterocycles. The fourth-order valence-corrected chi connectivity index (χ4v) is 1.99. The Kier molecular flexibility index (Phi) is 4.08. The molecule has 18 heavy (non-hydrogen) atoms. The second-order valence-corrected chi connectivity index (χ2v) is 4.77. The molecule has 1 atom stereocenters. The lowest BCUT2D eigenvalue weighted by Crippen LogP contribution is -2.02. The summed E-state index contributed by atoms with van der Waals surface area (Å²) in [7, 11) is 0. The average molecular weight is 314 g/mol. The van der Waals surface area contributed by atoms with Gasteiger partial charge in [-0.1, -0.05) is 24.3 Å². The molecule has 1 aromatic heterocycles. The summed E-state index contributed by atoms with van der Waals surface area (Å²) in [4.78, 5) is 0. The number of halogens is 2. The van der Waals surface area contributed by atoms with Crippen molar-refractivity contribution in [2.24, 2.45) is 0 Å². The van der Waals surface area contributed by atoms with E-state index in [-0.39, 0.29) is 5.82 Å². The molecule has 96 valence electrons. The molecular formula is C12H13BrFN3O. The van der Waals surface area contributed by atoms with Crippen molar-refractivity contribution >= 4 is 15.9 Å². The maximum Gasteiger partial charge on any atom is 0.137 e. The van der Waals surface area contributed by atoms with Crippen molar-refractivity contribution in [2.75, 3.05) is 0 Å². The number of aliphatic hydroxyl groups is 1. The van der Waals surface area contributed by atoms with Crippen LogP contribution in [0.25, 0.3) is 0 Å². The monoisotopic (exact) mass is 313 g/mol. The SMILES string of the molecule is CCC(O)c1cn(Cc2cccc(F)c2Br)nn1. The number of rotatable bonds is 4. The van der Waals surface area contributed by atoms with E-state index in [1.165, 1.54) is 6.07 Å². The molecule has 1 aromatic carbocycles. The quantitative estimate of drug-likeness (QED) is 0.944. The van der Waals surface area contributed by atoms with Crippen LogP contribution in [0.3, 0.4) is 0 Å². The molecule has 0 aliphatic rings. The Balaban J connectivity index is 2.19. The van der Waals surface area contributed by atoms with Crippen LogP contribution in [0.5, 0.6) is 0 Å². The van der Waals surface area contributed by atoms with Crippen molar-refractivity contribution < 1.29 is 9.50 Å². The van der Waals surface area contributed by atoms with Crippen molar-refractivity contribution in [3.63, 3.8) is 0 Å². The Bertz CT molecular complexity index is 544. The Morgan fingerprint density at radius 2 is 2.28 bits per heavy atom. The number of aromatic nitrogens is 3. The predicted molar refractivity (Wildman–Crippen MR) is 68.5 cm³/mol. The van der Waals surface area contributed by atoms with Gasteiger partial charge in [0.1, 0.15) is 11.5 Å². The second kappa shape index (κ2) is 5.58. The molecule has 2 aromatic rings. The van der Waals surface area contributed by atoms with E-state index < -0.39 is 6.10 Å². The van der Waals surface area contributed by atoms with Gasteiger partial charge in [0, 0.05) is 0 Å². The van der Waals surface area contributed by atoms with E-state index in [0.717, 1.165) is 5.56 Å². The molecule has 0 aliphatic carbocycles. The highest BCUT2D eigenvalue weighted by atomic mass is 79.9. The molecule has 1 unspecified atom stereocenters. The maximum absolute atomic E-state index is 13.3. The van der Waals surface area contributed by atoms with Crippen LogP contribution in [-0.4, -0.2) is 20.1 Å². The van der Waals surface area contributed by atoms with Crippen molar-refractivity contribution in [3.8, 4) is 0 Å². The largest absolute Gasteiger partial charge is 0.387 e. The van der Waals surface area contributed by atoms with Crippen molar-refractivity contribution in [3.05, 3.63) is 45.9 Å². The normalized spacial score (nSPS) is 12.7. The van der Waals surface area contributed by atoms with Gasteiger partial charge < -0.3 is 5.11 Å². The minimum absolute atomic E-state index is 0.304. The summed E-state index contributed by atoms with van der Waals surface area (Å²) in [6.07, 6.45) is 1.66. The van der Waals surface area contributed by atoms with Gasteiger partial charge in [0.2, 0.25) is 0 Å². The molecule has 0 saturated carbocycles. The molecule has 1 N–H and O–H groups in total. The van der Waals surface area contributed by atoms with E-state index in [1.54, 1.807) is 16.9 Å². The van der Waals surface area contributed by atoms with E-state index in [4.69, 9.17) is 0 Å². The summed E-state index contributed by atoms with van der Waals surface area (Å²) < 4.78 is 15.3. The number of hydrogen-bond acceptors (Lipinski definition) is 3. The highest BCUT2D eigenvalue weighted by Gasteiger charge is 2.11. The van der Waals surface area contributed by atoms with E-state index in [1.807, 2.05) is 13.0 Å². The lowest BCUT2D eigenvalue weighted by molar-refractivity contribution is 0.168. The van der Waals surface area contributed by atoms with Crippen molar-refractivity contribution in [1.29, 1.82) is 0 Å². The first-order valence-electron chi connectivity index (χ1n) is 5.62. The fraction of sp³-hybridized carbons (Fsp3) is 0.333. The highest BCUT2D eigenvalue weighted by Crippen LogP contribution is 2.21. The van der Waals surface area contributed by atoms with Crippen LogP contribution < -0.4 is 0 Å². The van der Waals surface area contributed by atoms with Gasteiger partial charge in [-0.15, -0.1) is 5.10 Å². The average Bonchev–Trinajstić information content (AvgIpc) is 2.82. The number of hydrogen-bond donors (Lipinski definition) is 1. The Morgan fingerprint density at radius 1 is 1.50 bits per heavy atom. The van der Waals surface area contributed by atoms with Crippen molar-refractivity contribution in [2.45, 2.75) is 26.0 Å².